The fourth-order valence-corrected chi connectivity index (χ4v) is 2.30. The summed E-state index contributed by atoms with van der Waals surface area (Å²) in [6.45, 7) is 5.90. The van der Waals surface area contributed by atoms with Crippen LogP contribution in [0.3, 0.4) is 0 Å². The minimum absolute atomic E-state index is 0.0619. The van der Waals surface area contributed by atoms with Crippen molar-refractivity contribution in [3.63, 3.8) is 0 Å². The van der Waals surface area contributed by atoms with Crippen LogP contribution < -0.4 is 5.56 Å². The van der Waals surface area contributed by atoms with Crippen LogP contribution in [0.2, 0.25) is 0 Å². The number of hydrogen-bond acceptors (Lipinski definition) is 2. The first-order chi connectivity index (χ1) is 9.95. The number of hydrogen-bond donors (Lipinski definition) is 1. The number of aromatic nitrogens is 1. The van der Waals surface area contributed by atoms with E-state index >= 15 is 0 Å². The molecule has 1 atom stereocenters. The van der Waals surface area contributed by atoms with Gasteiger partial charge in [0.25, 0.3) is 5.56 Å². The summed E-state index contributed by atoms with van der Waals surface area (Å²) in [6, 6.07) is 10.9. The summed E-state index contributed by atoms with van der Waals surface area (Å²) in [7, 11) is 0. The minimum atomic E-state index is -1.19. The highest BCUT2D eigenvalue weighted by Crippen LogP contribution is 2.23. The normalized spacial score (nSPS) is 12.1. The molecule has 0 fully saturated rings. The molecule has 110 valence electrons. The number of nitrogens with zero attached hydrogens (tertiary/aromatic N) is 1. The van der Waals surface area contributed by atoms with Gasteiger partial charge in [0.05, 0.1) is 5.69 Å². The molecule has 1 aromatic heterocycles. The first-order valence-corrected chi connectivity index (χ1v) is 7.01. The number of benzene rings is 1. The van der Waals surface area contributed by atoms with Crippen molar-refractivity contribution in [2.75, 3.05) is 0 Å². The van der Waals surface area contributed by atoms with E-state index in [4.69, 9.17) is 5.11 Å². The van der Waals surface area contributed by atoms with Crippen LogP contribution in [0.4, 0.5) is 0 Å². The van der Waals surface area contributed by atoms with Crippen molar-refractivity contribution in [1.29, 1.82) is 0 Å². The predicted octanol–water partition coefficient (Wildman–Crippen LogP) is 3.49. The van der Waals surface area contributed by atoms with E-state index in [2.05, 4.69) is 0 Å². The molecule has 2 aromatic rings. The summed E-state index contributed by atoms with van der Waals surface area (Å²) in [6.07, 6.45) is 0.752. The third-order valence-corrected chi connectivity index (χ3v) is 3.73. The van der Waals surface area contributed by atoms with E-state index in [1.54, 1.807) is 10.6 Å². The molecule has 0 aliphatic rings. The van der Waals surface area contributed by atoms with Crippen molar-refractivity contribution in [3.8, 4) is 11.3 Å². The molecule has 21 heavy (non-hydrogen) atoms. The molecular weight excluding hydrogens is 266 g/mol. The van der Waals surface area contributed by atoms with Crippen molar-refractivity contribution >= 4 is 5.97 Å². The quantitative estimate of drug-likeness (QED) is 0.935. The van der Waals surface area contributed by atoms with Crippen LogP contribution in [0.5, 0.6) is 0 Å². The molecule has 4 heteroatoms. The van der Waals surface area contributed by atoms with Crippen LogP contribution >= 0.6 is 0 Å². The van der Waals surface area contributed by atoms with Crippen molar-refractivity contribution < 1.29 is 9.90 Å². The Kier molecular flexibility index (Phi) is 4.26. The van der Waals surface area contributed by atoms with Crippen LogP contribution in [0.1, 0.15) is 42.2 Å². The molecule has 0 aliphatic carbocycles. The molecule has 4 nitrogen and oxygen atoms in total. The number of pyridine rings is 1. The Balaban J connectivity index is 2.71. The predicted molar refractivity (Wildman–Crippen MR) is 82.8 cm³/mol. The molecule has 1 N–H and O–H groups in total. The number of carbonyl (C=O) groups is 1. The summed E-state index contributed by atoms with van der Waals surface area (Å²) in [5, 5.41) is 9.13. The maximum atomic E-state index is 12.5. The Morgan fingerprint density at radius 2 is 1.81 bits per heavy atom. The van der Waals surface area contributed by atoms with Gasteiger partial charge in [0.2, 0.25) is 0 Å². The van der Waals surface area contributed by atoms with E-state index in [0.29, 0.717) is 0 Å². The van der Waals surface area contributed by atoms with Crippen LogP contribution in [0.25, 0.3) is 11.3 Å². The molecular formula is C17H19NO3. The van der Waals surface area contributed by atoms with Crippen molar-refractivity contribution in [2.45, 2.75) is 33.2 Å². The highest BCUT2D eigenvalue weighted by Gasteiger charge is 2.17. The van der Waals surface area contributed by atoms with Gasteiger partial charge in [-0.3, -0.25) is 4.79 Å². The maximum Gasteiger partial charge on any atom is 0.341 e. The van der Waals surface area contributed by atoms with Crippen LogP contribution in [0, 0.1) is 6.92 Å². The first kappa shape index (κ1) is 15.0. The number of rotatable bonds is 4. The van der Waals surface area contributed by atoms with Crippen LogP contribution in [0.15, 0.2) is 41.2 Å². The maximum absolute atomic E-state index is 12.5. The molecule has 0 bridgehead atoms. The molecule has 0 aliphatic heterocycles. The van der Waals surface area contributed by atoms with Gasteiger partial charge in [0.1, 0.15) is 5.56 Å². The molecule has 1 heterocycles. The number of carboxylic acid groups (broad SMARTS) is 1. The summed E-state index contributed by atoms with van der Waals surface area (Å²) in [4.78, 5) is 23.6. The van der Waals surface area contributed by atoms with Gasteiger partial charge in [-0.15, -0.1) is 0 Å². The van der Waals surface area contributed by atoms with E-state index < -0.39 is 11.5 Å². The van der Waals surface area contributed by atoms with Gasteiger partial charge < -0.3 is 9.67 Å². The van der Waals surface area contributed by atoms with Gasteiger partial charge in [0.15, 0.2) is 0 Å². The van der Waals surface area contributed by atoms with Gasteiger partial charge in [0, 0.05) is 6.04 Å². The van der Waals surface area contributed by atoms with Gasteiger partial charge in [-0.25, -0.2) is 4.79 Å². The fourth-order valence-electron chi connectivity index (χ4n) is 2.30. The van der Waals surface area contributed by atoms with Gasteiger partial charge >= 0.3 is 5.97 Å². The van der Waals surface area contributed by atoms with E-state index in [1.165, 1.54) is 6.07 Å². The second-order valence-corrected chi connectivity index (χ2v) is 5.24. The third kappa shape index (κ3) is 2.89. The smallest absolute Gasteiger partial charge is 0.341 e. The Bertz CT molecular complexity index is 714. The molecule has 0 saturated carbocycles. The zero-order valence-electron chi connectivity index (χ0n) is 12.5. The van der Waals surface area contributed by atoms with Crippen LogP contribution in [-0.4, -0.2) is 15.6 Å². The average molecular weight is 285 g/mol. The SMILES string of the molecule is CCC(C)n1c(-c2ccc(C)cc2)ccc(C(=O)O)c1=O. The summed E-state index contributed by atoms with van der Waals surface area (Å²) >= 11 is 0. The third-order valence-electron chi connectivity index (χ3n) is 3.73. The fraction of sp³-hybridized carbons (Fsp3) is 0.294. The van der Waals surface area contributed by atoms with Gasteiger partial charge in [-0.1, -0.05) is 36.8 Å². The largest absolute Gasteiger partial charge is 0.477 e. The lowest BCUT2D eigenvalue weighted by Gasteiger charge is -2.19. The Hall–Kier alpha value is -2.36. The number of carboxylic acids is 1. The second kappa shape index (κ2) is 5.95. The van der Waals surface area contributed by atoms with E-state index in [1.807, 2.05) is 45.0 Å². The standard InChI is InChI=1S/C17H19NO3/c1-4-12(3)18-15(13-7-5-11(2)6-8-13)10-9-14(16(18)19)17(20)21/h5-10,12H,4H2,1-3H3,(H,20,21). The molecule has 1 aromatic carbocycles. The zero-order chi connectivity index (χ0) is 15.6. The second-order valence-electron chi connectivity index (χ2n) is 5.24. The van der Waals surface area contributed by atoms with E-state index in [-0.39, 0.29) is 11.6 Å². The lowest BCUT2D eigenvalue weighted by atomic mass is 10.1. The summed E-state index contributed by atoms with van der Waals surface area (Å²) < 4.78 is 1.58. The van der Waals surface area contributed by atoms with Gasteiger partial charge in [-0.05, 0) is 38.0 Å². The summed E-state index contributed by atoms with van der Waals surface area (Å²) in [5.41, 5.74) is 2.16. The number of aromatic carboxylic acids is 1. The Morgan fingerprint density at radius 1 is 1.19 bits per heavy atom. The molecule has 0 amide bonds. The highest BCUT2D eigenvalue weighted by molar-refractivity contribution is 5.87. The molecule has 0 radical (unpaired) electrons. The first-order valence-electron chi connectivity index (χ1n) is 7.01. The zero-order valence-corrected chi connectivity index (χ0v) is 12.5. The molecule has 2 rings (SSSR count). The van der Waals surface area contributed by atoms with E-state index in [0.717, 1.165) is 23.2 Å². The van der Waals surface area contributed by atoms with E-state index in [9.17, 15) is 9.59 Å². The average Bonchev–Trinajstić information content (AvgIpc) is 2.46. The molecule has 0 saturated heterocycles. The molecule has 0 spiro atoms. The van der Waals surface area contributed by atoms with Crippen LogP contribution in [-0.2, 0) is 0 Å². The summed E-state index contributed by atoms with van der Waals surface area (Å²) in [5.74, 6) is -1.19. The Morgan fingerprint density at radius 3 is 2.33 bits per heavy atom. The van der Waals surface area contributed by atoms with Gasteiger partial charge in [-0.2, -0.15) is 0 Å². The monoisotopic (exact) mass is 285 g/mol. The molecule has 1 unspecified atom stereocenters. The lowest BCUT2D eigenvalue weighted by molar-refractivity contribution is 0.0694. The topological polar surface area (TPSA) is 59.3 Å². The number of aryl methyl sites for hydroxylation is 1. The van der Waals surface area contributed by atoms with Crippen molar-refractivity contribution in [2.24, 2.45) is 0 Å². The van der Waals surface area contributed by atoms with Crippen molar-refractivity contribution in [3.05, 3.63) is 57.9 Å². The van der Waals surface area contributed by atoms with Crippen molar-refractivity contribution in [1.82, 2.24) is 4.57 Å². The minimum Gasteiger partial charge on any atom is -0.477 e. The Labute approximate surface area is 123 Å². The highest BCUT2D eigenvalue weighted by atomic mass is 16.4. The lowest BCUT2D eigenvalue weighted by Crippen LogP contribution is -2.29.